The predicted molar refractivity (Wildman–Crippen MR) is 223 cm³/mol. The number of hydrogen-bond acceptors (Lipinski definition) is 15. The molecule has 16 nitrogen and oxygen atoms in total. The van der Waals surface area contributed by atoms with E-state index in [0.717, 1.165) is 5.69 Å². The van der Waals surface area contributed by atoms with E-state index < -0.39 is 81.4 Å². The highest BCUT2D eigenvalue weighted by Gasteiger charge is 2.62. The Balaban J connectivity index is 1.31. The zero-order chi connectivity index (χ0) is 43.5. The van der Waals surface area contributed by atoms with Gasteiger partial charge in [-0.15, -0.1) is 0 Å². The summed E-state index contributed by atoms with van der Waals surface area (Å²) >= 11 is 1.92. The summed E-state index contributed by atoms with van der Waals surface area (Å²) in [5, 5.41) is 22.3. The van der Waals surface area contributed by atoms with E-state index in [0.29, 0.717) is 42.7 Å². The molecule has 2 aromatic rings. The molecule has 0 unspecified atom stereocenters. The fraction of sp³-hybridized carbons (Fsp3) is 0.714. The maximum Gasteiger partial charge on any atom is 0.411 e. The number of amides is 1. The number of fused-ring (bicyclic) bond motifs is 2. The van der Waals surface area contributed by atoms with E-state index in [1.807, 2.05) is 67.6 Å². The molecule has 326 valence electrons. The third-order valence-electron chi connectivity index (χ3n) is 13.2. The monoisotopic (exact) mass is 937 g/mol. The number of Topliss-reactive ketones (excluding diaryl/α,β-unsaturated/α-hetero) is 2. The number of alkyl halides is 1. The van der Waals surface area contributed by atoms with Gasteiger partial charge in [-0.25, -0.2) is 4.79 Å². The number of rotatable bonds is 7. The molecule has 59 heavy (non-hydrogen) atoms. The van der Waals surface area contributed by atoms with Crippen LogP contribution < -0.4 is 0 Å². The lowest BCUT2D eigenvalue weighted by Gasteiger charge is -2.48. The molecule has 2 N–H and O–H groups in total. The minimum atomic E-state index is -1.48. The number of aliphatic hydroxyl groups excluding tert-OH is 1. The van der Waals surface area contributed by atoms with Crippen LogP contribution in [0.25, 0.3) is 11.0 Å². The number of likely N-dealkylation sites (tertiary alicyclic amines) is 1. The number of hydrogen-bond donors (Lipinski definition) is 2. The van der Waals surface area contributed by atoms with Crippen LogP contribution in [0.4, 0.5) is 4.79 Å². The number of cyclic esters (lactones) is 1. The van der Waals surface area contributed by atoms with Crippen LogP contribution in [0.1, 0.15) is 72.6 Å². The van der Waals surface area contributed by atoms with Crippen LogP contribution in [0.3, 0.4) is 0 Å². The smallest absolute Gasteiger partial charge is 0.411 e. The van der Waals surface area contributed by atoms with Gasteiger partial charge >= 0.3 is 12.1 Å². The summed E-state index contributed by atoms with van der Waals surface area (Å²) in [4.78, 5) is 71.5. The average molecular weight is 938 g/mol. The summed E-state index contributed by atoms with van der Waals surface area (Å²) in [5.74, 6) is -5.19. The number of methoxy groups -OCH3 is 1. The third-order valence-corrected chi connectivity index (χ3v) is 14.6. The molecule has 4 saturated heterocycles. The summed E-state index contributed by atoms with van der Waals surface area (Å²) in [6, 6.07) is 2.19. The first-order valence-corrected chi connectivity index (χ1v) is 21.7. The van der Waals surface area contributed by atoms with Gasteiger partial charge in [0.25, 0.3) is 0 Å². The first-order chi connectivity index (χ1) is 27.6. The van der Waals surface area contributed by atoms with Gasteiger partial charge in [0.1, 0.15) is 23.6 Å². The number of ketones is 2. The first-order valence-electron chi connectivity index (χ1n) is 20.4. The average Bonchev–Trinajstić information content (AvgIpc) is 3.44. The number of aliphatic hydroxyl groups is 1. The van der Waals surface area contributed by atoms with Gasteiger partial charge < -0.3 is 38.8 Å². The predicted octanol–water partition coefficient (Wildman–Crippen LogP) is 4.01. The lowest BCUT2D eigenvalue weighted by atomic mass is 9.74. The van der Waals surface area contributed by atoms with Crippen LogP contribution in [0, 0.1) is 30.6 Å². The molecule has 4 fully saturated rings. The fourth-order valence-corrected chi connectivity index (χ4v) is 10.4. The zero-order valence-electron chi connectivity index (χ0n) is 35.9. The van der Waals surface area contributed by atoms with E-state index in [2.05, 4.69) is 14.9 Å². The Morgan fingerprint density at radius 3 is 2.36 bits per heavy atom. The molecule has 6 heterocycles. The summed E-state index contributed by atoms with van der Waals surface area (Å²) in [7, 11) is 5.21. The molecule has 0 saturated carbocycles. The fourth-order valence-electron chi connectivity index (χ4n) is 9.62. The number of likely N-dealkylation sites (N-methyl/N-ethyl adjacent to an activating group) is 1. The minimum Gasteiger partial charge on any atom is -0.506 e. The standard InChI is InChI=1S/C42H60IN5O11/c1-20-15-41(7,55-11)36(57-38-34(52)29(46(9)10)14-22(3)56-38)24(5)33(51)25(6)37(53)58-39(43)42(8)35(23(4)32(20)50)48(40(54)59-42)26-17-47(18-26)19-27-30(49)16-44-28-13-12-21(2)45-31(27)28/h12-13,16,20,22-26,29,34-36,38-39,49,52H,14-15,17-19H2,1-11H3/t20-,22-,23+,24+,25-,29+,34-,35+,36-,38+,39+,41-,42+/m1/s1. The van der Waals surface area contributed by atoms with Crippen molar-refractivity contribution in [2.45, 2.75) is 133 Å². The second-order valence-electron chi connectivity index (χ2n) is 17.8. The van der Waals surface area contributed by atoms with Gasteiger partial charge in [-0.2, -0.15) is 0 Å². The number of halogens is 1. The van der Waals surface area contributed by atoms with Crippen molar-refractivity contribution in [3.05, 3.63) is 29.6 Å². The van der Waals surface area contributed by atoms with Gasteiger partial charge in [-0.05, 0) is 96.3 Å². The lowest BCUT2D eigenvalue weighted by molar-refractivity contribution is -0.295. The number of ether oxygens (including phenoxy) is 5. The van der Waals surface area contributed by atoms with Crippen molar-refractivity contribution in [3.63, 3.8) is 0 Å². The van der Waals surface area contributed by atoms with Crippen molar-refractivity contribution in [3.8, 4) is 5.75 Å². The Morgan fingerprint density at radius 1 is 1.03 bits per heavy atom. The summed E-state index contributed by atoms with van der Waals surface area (Å²) in [6.07, 6.45) is -2.12. The van der Waals surface area contributed by atoms with Gasteiger partial charge in [0, 0.05) is 61.8 Å². The first kappa shape index (κ1) is 45.5. The van der Waals surface area contributed by atoms with Crippen molar-refractivity contribution in [2.24, 2.45) is 23.7 Å². The van der Waals surface area contributed by atoms with Crippen molar-refractivity contribution < 1.29 is 53.1 Å². The zero-order valence-corrected chi connectivity index (χ0v) is 38.0. The number of carbonyl (C=O) groups is 4. The molecule has 1 amide bonds. The van der Waals surface area contributed by atoms with Crippen LogP contribution >= 0.6 is 22.6 Å². The molecule has 17 heteroatoms. The van der Waals surface area contributed by atoms with Gasteiger partial charge in [0.2, 0.25) is 0 Å². The topological polar surface area (TPSA) is 190 Å². The Labute approximate surface area is 359 Å². The molecule has 0 bridgehead atoms. The molecule has 0 radical (unpaired) electrons. The van der Waals surface area contributed by atoms with Crippen LogP contribution in [-0.4, -0.2) is 151 Å². The number of aryl methyl sites for hydroxylation is 1. The van der Waals surface area contributed by atoms with Crippen molar-refractivity contribution >= 4 is 57.3 Å². The summed E-state index contributed by atoms with van der Waals surface area (Å²) in [5.41, 5.74) is -0.109. The molecule has 6 rings (SSSR count). The van der Waals surface area contributed by atoms with Crippen molar-refractivity contribution in [2.75, 3.05) is 34.3 Å². The van der Waals surface area contributed by atoms with Gasteiger partial charge in [-0.1, -0.05) is 20.8 Å². The highest BCUT2D eigenvalue weighted by atomic mass is 127. The molecule has 0 spiro atoms. The maximum absolute atomic E-state index is 14.8. The quantitative estimate of drug-likeness (QED) is 0.175. The van der Waals surface area contributed by atoms with Gasteiger partial charge in [0.15, 0.2) is 21.8 Å². The van der Waals surface area contributed by atoms with Crippen molar-refractivity contribution in [1.29, 1.82) is 0 Å². The van der Waals surface area contributed by atoms with E-state index in [4.69, 9.17) is 23.7 Å². The Morgan fingerprint density at radius 2 is 1.71 bits per heavy atom. The lowest BCUT2D eigenvalue weighted by Crippen LogP contribution is -2.65. The minimum absolute atomic E-state index is 0.0218. The molecule has 0 aromatic carbocycles. The highest BCUT2D eigenvalue weighted by Crippen LogP contribution is 2.45. The number of pyridine rings is 2. The normalized spacial score (nSPS) is 38.2. The molecule has 13 atom stereocenters. The molecule has 4 aliphatic rings. The van der Waals surface area contributed by atoms with Crippen LogP contribution in [-0.2, 0) is 44.6 Å². The maximum atomic E-state index is 14.8. The summed E-state index contributed by atoms with van der Waals surface area (Å²) in [6.45, 7) is 15.0. The molecule has 2 aromatic heterocycles. The third kappa shape index (κ3) is 8.58. The molecule has 4 aliphatic heterocycles. The van der Waals surface area contributed by atoms with E-state index in [-0.39, 0.29) is 36.1 Å². The van der Waals surface area contributed by atoms with Crippen LogP contribution in [0.5, 0.6) is 5.75 Å². The van der Waals surface area contributed by atoms with Crippen molar-refractivity contribution in [1.82, 2.24) is 24.7 Å². The van der Waals surface area contributed by atoms with E-state index >= 15 is 0 Å². The SMILES string of the molecule is CO[C@]1(C)C[C@@H](C)C(=O)[C@H](C)[C@@H]2N(C3CN(Cc4c(O)cnc5ccc(C)nc45)C3)C(=O)O[C@]2(C)[C@@H](I)OC(=O)[C@H](C)C(=O)[C@H](C)[C@H]1O[C@@H]1O[C@H](C)C[C@H](N(C)C)[C@H]1O. The number of aromatic hydroxyl groups is 1. The van der Waals surface area contributed by atoms with Gasteiger partial charge in [0.05, 0.1) is 47.1 Å². The largest absolute Gasteiger partial charge is 0.506 e. The Bertz CT molecular complexity index is 1930. The Hall–Kier alpha value is -3.07. The van der Waals surface area contributed by atoms with E-state index in [1.54, 1.807) is 39.5 Å². The summed E-state index contributed by atoms with van der Waals surface area (Å²) < 4.78 is 30.0. The number of esters is 1. The van der Waals surface area contributed by atoms with Gasteiger partial charge in [-0.3, -0.25) is 34.2 Å². The molecule has 0 aliphatic carbocycles. The van der Waals surface area contributed by atoms with E-state index in [9.17, 15) is 29.4 Å². The number of carbonyl (C=O) groups excluding carboxylic acids is 4. The second-order valence-corrected chi connectivity index (χ2v) is 18.9. The number of aromatic nitrogens is 2. The Kier molecular flexibility index (Phi) is 13.4. The van der Waals surface area contributed by atoms with E-state index in [1.165, 1.54) is 20.2 Å². The van der Waals surface area contributed by atoms with Crippen LogP contribution in [0.15, 0.2) is 18.3 Å². The number of nitrogens with zero attached hydrogens (tertiary/aromatic N) is 5. The van der Waals surface area contributed by atoms with Crippen LogP contribution in [0.2, 0.25) is 0 Å². The molecular formula is C42H60IN5O11. The molecular weight excluding hydrogens is 877 g/mol. The highest BCUT2D eigenvalue weighted by molar-refractivity contribution is 14.1. The second kappa shape index (κ2) is 17.4.